The van der Waals surface area contributed by atoms with E-state index in [1.807, 2.05) is 0 Å². The highest BCUT2D eigenvalue weighted by Gasteiger charge is 2.23. The number of anilines is 1. The van der Waals surface area contributed by atoms with Crippen molar-refractivity contribution in [2.24, 2.45) is 11.7 Å². The van der Waals surface area contributed by atoms with Crippen molar-refractivity contribution >= 4 is 17.5 Å². The molecule has 0 radical (unpaired) electrons. The summed E-state index contributed by atoms with van der Waals surface area (Å²) in [7, 11) is 0. The Kier molecular flexibility index (Phi) is 3.38. The molecule has 1 aliphatic heterocycles. The standard InChI is InChI=1S/C10H15ClN4/c11-9-5-13-10(14-6-9)15-4-2-8(7-15)1-3-12/h5-6,8H,1-4,7,12H2. The summed E-state index contributed by atoms with van der Waals surface area (Å²) in [5.74, 6) is 1.47. The molecule has 1 aromatic rings. The summed E-state index contributed by atoms with van der Waals surface area (Å²) in [5.41, 5.74) is 5.55. The summed E-state index contributed by atoms with van der Waals surface area (Å²) in [6, 6.07) is 0. The largest absolute Gasteiger partial charge is 0.341 e. The van der Waals surface area contributed by atoms with Gasteiger partial charge in [-0.3, -0.25) is 0 Å². The van der Waals surface area contributed by atoms with Crippen molar-refractivity contribution in [3.63, 3.8) is 0 Å². The molecule has 1 unspecified atom stereocenters. The first-order valence-corrected chi connectivity index (χ1v) is 5.60. The third-order valence-electron chi connectivity index (χ3n) is 2.75. The van der Waals surface area contributed by atoms with Crippen LogP contribution in [-0.2, 0) is 0 Å². The minimum atomic E-state index is 0.580. The van der Waals surface area contributed by atoms with Crippen molar-refractivity contribution < 1.29 is 0 Å². The second kappa shape index (κ2) is 4.77. The normalized spacial score (nSPS) is 20.9. The van der Waals surface area contributed by atoms with Gasteiger partial charge in [0.25, 0.3) is 0 Å². The van der Waals surface area contributed by atoms with Crippen LogP contribution in [0.5, 0.6) is 0 Å². The molecular formula is C10H15ClN4. The molecule has 1 atom stereocenters. The van der Waals surface area contributed by atoms with Gasteiger partial charge in [0.05, 0.1) is 17.4 Å². The molecule has 1 fully saturated rings. The Labute approximate surface area is 94.5 Å². The molecule has 0 saturated carbocycles. The predicted molar refractivity (Wildman–Crippen MR) is 61.0 cm³/mol. The Balaban J connectivity index is 1.98. The topological polar surface area (TPSA) is 55.0 Å². The maximum Gasteiger partial charge on any atom is 0.225 e. The zero-order valence-corrected chi connectivity index (χ0v) is 9.32. The first-order chi connectivity index (χ1) is 7.29. The Hall–Kier alpha value is -0.870. The van der Waals surface area contributed by atoms with Crippen molar-refractivity contribution in [1.82, 2.24) is 9.97 Å². The van der Waals surface area contributed by atoms with Gasteiger partial charge in [0.15, 0.2) is 0 Å². The highest BCUT2D eigenvalue weighted by Crippen LogP contribution is 2.22. The van der Waals surface area contributed by atoms with Crippen LogP contribution in [0, 0.1) is 5.92 Å². The van der Waals surface area contributed by atoms with E-state index in [0.29, 0.717) is 10.9 Å². The lowest BCUT2D eigenvalue weighted by atomic mass is 10.1. The van der Waals surface area contributed by atoms with Crippen LogP contribution in [0.25, 0.3) is 0 Å². The minimum Gasteiger partial charge on any atom is -0.341 e. The second-order valence-electron chi connectivity index (χ2n) is 3.88. The van der Waals surface area contributed by atoms with E-state index in [2.05, 4.69) is 14.9 Å². The zero-order chi connectivity index (χ0) is 10.7. The summed E-state index contributed by atoms with van der Waals surface area (Å²) in [6.45, 7) is 2.80. The lowest BCUT2D eigenvalue weighted by Crippen LogP contribution is -2.22. The van der Waals surface area contributed by atoms with Crippen LogP contribution in [0.3, 0.4) is 0 Å². The van der Waals surface area contributed by atoms with Gasteiger partial charge in [-0.25, -0.2) is 9.97 Å². The first kappa shape index (κ1) is 10.6. The van der Waals surface area contributed by atoms with E-state index in [1.165, 1.54) is 6.42 Å². The molecule has 5 heteroatoms. The van der Waals surface area contributed by atoms with Crippen LogP contribution in [-0.4, -0.2) is 29.6 Å². The molecule has 4 nitrogen and oxygen atoms in total. The molecule has 0 aromatic carbocycles. The SMILES string of the molecule is NCCC1CCN(c2ncc(Cl)cn2)C1. The van der Waals surface area contributed by atoms with Crippen molar-refractivity contribution in [2.45, 2.75) is 12.8 Å². The predicted octanol–water partition coefficient (Wildman–Crippen LogP) is 1.31. The number of nitrogens with zero attached hydrogens (tertiary/aromatic N) is 3. The molecule has 1 aliphatic rings. The van der Waals surface area contributed by atoms with Crippen LogP contribution < -0.4 is 10.6 Å². The molecule has 1 aromatic heterocycles. The van der Waals surface area contributed by atoms with E-state index in [0.717, 1.165) is 32.0 Å². The number of aromatic nitrogens is 2. The van der Waals surface area contributed by atoms with Gasteiger partial charge in [-0.15, -0.1) is 0 Å². The van der Waals surface area contributed by atoms with Gasteiger partial charge in [-0.1, -0.05) is 11.6 Å². The quantitative estimate of drug-likeness (QED) is 0.845. The van der Waals surface area contributed by atoms with E-state index in [9.17, 15) is 0 Å². The number of nitrogens with two attached hydrogens (primary N) is 1. The molecular weight excluding hydrogens is 212 g/mol. The maximum atomic E-state index is 5.74. The van der Waals surface area contributed by atoms with E-state index >= 15 is 0 Å². The van der Waals surface area contributed by atoms with Gasteiger partial charge < -0.3 is 10.6 Å². The smallest absolute Gasteiger partial charge is 0.225 e. The van der Waals surface area contributed by atoms with Crippen LogP contribution in [0.4, 0.5) is 5.95 Å². The fourth-order valence-electron chi connectivity index (χ4n) is 1.95. The van der Waals surface area contributed by atoms with Crippen LogP contribution in [0.2, 0.25) is 5.02 Å². The van der Waals surface area contributed by atoms with Gasteiger partial charge in [0, 0.05) is 13.1 Å². The third kappa shape index (κ3) is 2.58. The molecule has 0 spiro atoms. The molecule has 1 saturated heterocycles. The maximum absolute atomic E-state index is 5.74. The van der Waals surface area contributed by atoms with Gasteiger partial charge in [0.1, 0.15) is 0 Å². The highest BCUT2D eigenvalue weighted by atomic mass is 35.5. The average Bonchev–Trinajstić information content (AvgIpc) is 2.68. The fourth-order valence-corrected chi connectivity index (χ4v) is 2.05. The molecule has 2 N–H and O–H groups in total. The molecule has 0 aliphatic carbocycles. The van der Waals surface area contributed by atoms with Gasteiger partial charge in [-0.2, -0.15) is 0 Å². The first-order valence-electron chi connectivity index (χ1n) is 5.22. The molecule has 0 amide bonds. The number of hydrogen-bond donors (Lipinski definition) is 1. The Bertz CT molecular complexity index is 314. The van der Waals surface area contributed by atoms with Crippen molar-refractivity contribution in [1.29, 1.82) is 0 Å². The van der Waals surface area contributed by atoms with Crippen LogP contribution >= 0.6 is 11.6 Å². The molecule has 15 heavy (non-hydrogen) atoms. The second-order valence-corrected chi connectivity index (χ2v) is 4.32. The Morgan fingerprint density at radius 1 is 1.47 bits per heavy atom. The summed E-state index contributed by atoms with van der Waals surface area (Å²) in [4.78, 5) is 10.6. The average molecular weight is 227 g/mol. The third-order valence-corrected chi connectivity index (χ3v) is 2.95. The Morgan fingerprint density at radius 2 is 2.20 bits per heavy atom. The van der Waals surface area contributed by atoms with Crippen molar-refractivity contribution in [2.75, 3.05) is 24.5 Å². The van der Waals surface area contributed by atoms with Crippen molar-refractivity contribution in [3.8, 4) is 0 Å². The van der Waals surface area contributed by atoms with E-state index in [-0.39, 0.29) is 0 Å². The number of rotatable bonds is 3. The summed E-state index contributed by atoms with van der Waals surface area (Å²) >= 11 is 5.74. The van der Waals surface area contributed by atoms with E-state index < -0.39 is 0 Å². The van der Waals surface area contributed by atoms with E-state index in [4.69, 9.17) is 17.3 Å². The lowest BCUT2D eigenvalue weighted by Gasteiger charge is -2.15. The monoisotopic (exact) mass is 226 g/mol. The molecule has 82 valence electrons. The molecule has 2 rings (SSSR count). The van der Waals surface area contributed by atoms with Gasteiger partial charge >= 0.3 is 0 Å². The number of halogens is 1. The van der Waals surface area contributed by atoms with Gasteiger partial charge in [0.2, 0.25) is 5.95 Å². The summed E-state index contributed by atoms with van der Waals surface area (Å²) < 4.78 is 0. The van der Waals surface area contributed by atoms with Crippen LogP contribution in [0.1, 0.15) is 12.8 Å². The minimum absolute atomic E-state index is 0.580. The summed E-state index contributed by atoms with van der Waals surface area (Å²) in [5, 5.41) is 0.580. The van der Waals surface area contributed by atoms with Gasteiger partial charge in [-0.05, 0) is 25.3 Å². The van der Waals surface area contributed by atoms with Crippen LogP contribution in [0.15, 0.2) is 12.4 Å². The zero-order valence-electron chi connectivity index (χ0n) is 8.56. The van der Waals surface area contributed by atoms with Crippen molar-refractivity contribution in [3.05, 3.63) is 17.4 Å². The number of hydrogen-bond acceptors (Lipinski definition) is 4. The van der Waals surface area contributed by atoms with E-state index in [1.54, 1.807) is 12.4 Å². The highest BCUT2D eigenvalue weighted by molar-refractivity contribution is 6.30. The lowest BCUT2D eigenvalue weighted by molar-refractivity contribution is 0.545. The Morgan fingerprint density at radius 3 is 2.87 bits per heavy atom. The summed E-state index contributed by atoms with van der Waals surface area (Å²) in [6.07, 6.45) is 5.55. The fraction of sp³-hybridized carbons (Fsp3) is 0.600. The molecule has 0 bridgehead atoms. The molecule has 2 heterocycles.